The van der Waals surface area contributed by atoms with Crippen LogP contribution in [0.3, 0.4) is 0 Å². The fourth-order valence-electron chi connectivity index (χ4n) is 2.35. The molecule has 0 saturated carbocycles. The molecule has 1 aromatic heterocycles. The second-order valence-corrected chi connectivity index (χ2v) is 7.62. The minimum absolute atomic E-state index is 0.104. The molecule has 1 atom stereocenters. The Kier molecular flexibility index (Phi) is 7.05. The second kappa shape index (κ2) is 9.27. The smallest absolute Gasteiger partial charge is 0.334 e. The molecule has 2 aromatic rings. The normalized spacial score (nSPS) is 11.8. The lowest BCUT2D eigenvalue weighted by atomic mass is 10.1. The molecular weight excluding hydrogens is 384 g/mol. The number of nitro benzene ring substituents is 1. The highest BCUT2D eigenvalue weighted by atomic mass is 32.1. The first-order valence-electron chi connectivity index (χ1n) is 8.56. The Balaban J connectivity index is 1.99. The average molecular weight is 406 g/mol. The minimum Gasteiger partial charge on any atom is -0.425 e. The number of nitro groups is 1. The lowest BCUT2D eigenvalue weighted by molar-refractivity contribution is -0.384. The van der Waals surface area contributed by atoms with Crippen LogP contribution in [-0.4, -0.2) is 39.9 Å². The van der Waals surface area contributed by atoms with E-state index in [1.807, 2.05) is 12.3 Å². The van der Waals surface area contributed by atoms with E-state index in [1.165, 1.54) is 40.5 Å². The number of nitrogens with zero attached hydrogens (tertiary/aromatic N) is 3. The van der Waals surface area contributed by atoms with Crippen molar-refractivity contribution in [1.82, 2.24) is 15.2 Å². The molecule has 0 bridgehead atoms. The third-order valence-electron chi connectivity index (χ3n) is 3.88. The summed E-state index contributed by atoms with van der Waals surface area (Å²) in [6.45, 7) is 5.77. The number of esters is 1. The molecule has 28 heavy (non-hydrogen) atoms. The van der Waals surface area contributed by atoms with Gasteiger partial charge in [-0.2, -0.15) is 0 Å². The van der Waals surface area contributed by atoms with Gasteiger partial charge in [0.05, 0.1) is 22.2 Å². The van der Waals surface area contributed by atoms with Gasteiger partial charge in [-0.3, -0.25) is 10.1 Å². The third kappa shape index (κ3) is 5.74. The number of hydrogen-bond acceptors (Lipinski definition) is 7. The Bertz CT molecular complexity index is 850. The van der Waals surface area contributed by atoms with E-state index in [4.69, 9.17) is 4.74 Å². The molecule has 2 rings (SSSR count). The number of rotatable bonds is 7. The van der Waals surface area contributed by atoms with E-state index in [1.54, 1.807) is 20.9 Å². The van der Waals surface area contributed by atoms with Crippen LogP contribution in [0.2, 0.25) is 0 Å². The summed E-state index contributed by atoms with van der Waals surface area (Å²) in [6, 6.07) is 3.87. The molecular formula is C18H22N4O5S. The first kappa shape index (κ1) is 21.3. The maximum atomic E-state index is 12.5. The van der Waals surface area contributed by atoms with Crippen molar-refractivity contribution in [1.29, 1.82) is 0 Å². The summed E-state index contributed by atoms with van der Waals surface area (Å²) >= 11 is 1.50. The Hall–Kier alpha value is -3.01. The molecule has 0 aliphatic rings. The Morgan fingerprint density at radius 3 is 2.46 bits per heavy atom. The lowest BCUT2D eigenvalue weighted by Gasteiger charge is -2.24. The van der Waals surface area contributed by atoms with Crippen LogP contribution in [0.5, 0.6) is 5.75 Å². The number of carbonyl (C=O) groups is 2. The number of benzene rings is 1. The van der Waals surface area contributed by atoms with E-state index in [0.717, 1.165) is 10.7 Å². The molecule has 1 heterocycles. The number of aromatic nitrogens is 1. The zero-order valence-electron chi connectivity index (χ0n) is 16.0. The van der Waals surface area contributed by atoms with Gasteiger partial charge in [0.1, 0.15) is 11.8 Å². The topological polar surface area (TPSA) is 115 Å². The first-order valence-corrected chi connectivity index (χ1v) is 9.44. The molecule has 0 fully saturated rings. The van der Waals surface area contributed by atoms with E-state index in [0.29, 0.717) is 6.54 Å². The Labute approximate surface area is 166 Å². The second-order valence-electron chi connectivity index (χ2n) is 6.56. The quantitative estimate of drug-likeness (QED) is 0.327. The fourth-order valence-corrected chi connectivity index (χ4v) is 2.96. The van der Waals surface area contributed by atoms with E-state index < -0.39 is 23.0 Å². The van der Waals surface area contributed by atoms with Crippen molar-refractivity contribution < 1.29 is 19.2 Å². The monoisotopic (exact) mass is 406 g/mol. The summed E-state index contributed by atoms with van der Waals surface area (Å²) in [5, 5.41) is 16.2. The van der Waals surface area contributed by atoms with Crippen LogP contribution in [0.4, 0.5) is 10.5 Å². The van der Waals surface area contributed by atoms with Gasteiger partial charge >= 0.3 is 12.0 Å². The van der Waals surface area contributed by atoms with Crippen LogP contribution in [0.15, 0.2) is 29.6 Å². The molecule has 10 heteroatoms. The van der Waals surface area contributed by atoms with Crippen molar-refractivity contribution in [3.05, 3.63) is 50.5 Å². The van der Waals surface area contributed by atoms with E-state index in [-0.39, 0.29) is 17.4 Å². The van der Waals surface area contributed by atoms with Gasteiger partial charge in [0.15, 0.2) is 0 Å². The Morgan fingerprint density at radius 1 is 1.32 bits per heavy atom. The maximum absolute atomic E-state index is 12.5. The summed E-state index contributed by atoms with van der Waals surface area (Å²) in [5.74, 6) is -0.693. The number of non-ortho nitro benzene ring substituents is 1. The maximum Gasteiger partial charge on any atom is 0.334 e. The van der Waals surface area contributed by atoms with Crippen molar-refractivity contribution in [2.24, 2.45) is 5.92 Å². The van der Waals surface area contributed by atoms with Crippen molar-refractivity contribution in [3.63, 3.8) is 0 Å². The van der Waals surface area contributed by atoms with Crippen LogP contribution in [0, 0.1) is 23.0 Å². The fraction of sp³-hybridized carbons (Fsp3) is 0.389. The van der Waals surface area contributed by atoms with Gasteiger partial charge in [0.25, 0.3) is 5.69 Å². The zero-order valence-corrected chi connectivity index (χ0v) is 16.9. The van der Waals surface area contributed by atoms with Crippen LogP contribution >= 0.6 is 11.3 Å². The van der Waals surface area contributed by atoms with Crippen LogP contribution in [-0.2, 0) is 11.3 Å². The predicted octanol–water partition coefficient (Wildman–Crippen LogP) is 3.13. The molecule has 0 aliphatic carbocycles. The van der Waals surface area contributed by atoms with E-state index >= 15 is 0 Å². The molecule has 0 unspecified atom stereocenters. The number of thiazole rings is 1. The van der Waals surface area contributed by atoms with Gasteiger partial charge in [0, 0.05) is 24.6 Å². The molecule has 9 nitrogen and oxygen atoms in total. The van der Waals surface area contributed by atoms with E-state index in [2.05, 4.69) is 10.3 Å². The molecule has 150 valence electrons. The third-order valence-corrected chi connectivity index (χ3v) is 4.70. The largest absolute Gasteiger partial charge is 0.425 e. The number of nitrogens with one attached hydrogen (secondary N) is 1. The summed E-state index contributed by atoms with van der Waals surface area (Å²) in [6.07, 6.45) is 0. The average Bonchev–Trinajstić information content (AvgIpc) is 3.04. The number of ether oxygens (including phenoxy) is 1. The predicted molar refractivity (Wildman–Crippen MR) is 104 cm³/mol. The van der Waals surface area contributed by atoms with Crippen LogP contribution < -0.4 is 10.1 Å². The van der Waals surface area contributed by atoms with Gasteiger partial charge in [-0.25, -0.2) is 14.6 Å². The summed E-state index contributed by atoms with van der Waals surface area (Å²) in [5.41, 5.74) is 0.669. The number of amides is 2. The summed E-state index contributed by atoms with van der Waals surface area (Å²) in [7, 11) is 1.61. The number of carbonyl (C=O) groups excluding carboxylic acids is 2. The molecule has 2 amide bonds. The molecule has 0 aliphatic heterocycles. The van der Waals surface area contributed by atoms with Crippen molar-refractivity contribution in [2.45, 2.75) is 33.4 Å². The minimum atomic E-state index is -0.873. The molecule has 1 aromatic carbocycles. The van der Waals surface area contributed by atoms with Crippen molar-refractivity contribution in [2.75, 3.05) is 7.05 Å². The Morgan fingerprint density at radius 2 is 1.96 bits per heavy atom. The van der Waals surface area contributed by atoms with E-state index in [9.17, 15) is 19.7 Å². The molecule has 0 radical (unpaired) electrons. The van der Waals surface area contributed by atoms with Crippen molar-refractivity contribution >= 4 is 29.0 Å². The lowest BCUT2D eigenvalue weighted by Crippen LogP contribution is -2.50. The molecule has 0 spiro atoms. The molecule has 1 N–H and O–H groups in total. The van der Waals surface area contributed by atoms with Crippen LogP contribution in [0.25, 0.3) is 0 Å². The number of urea groups is 1. The van der Waals surface area contributed by atoms with Gasteiger partial charge < -0.3 is 15.0 Å². The summed E-state index contributed by atoms with van der Waals surface area (Å²) in [4.78, 5) is 40.8. The SMILES string of the molecule is Cc1nc(CN(C)C(=O)N[C@H](C(=O)Oc2ccc([N+](=O)[O-])cc2)C(C)C)cs1. The van der Waals surface area contributed by atoms with Gasteiger partial charge in [-0.1, -0.05) is 13.8 Å². The van der Waals surface area contributed by atoms with Gasteiger partial charge in [-0.05, 0) is 25.0 Å². The molecule has 0 saturated heterocycles. The summed E-state index contributed by atoms with van der Waals surface area (Å²) < 4.78 is 5.27. The number of aryl methyl sites for hydroxylation is 1. The highest BCUT2D eigenvalue weighted by Gasteiger charge is 2.27. The van der Waals surface area contributed by atoms with Gasteiger partial charge in [-0.15, -0.1) is 11.3 Å². The van der Waals surface area contributed by atoms with Crippen molar-refractivity contribution in [3.8, 4) is 5.75 Å². The number of hydrogen-bond donors (Lipinski definition) is 1. The standard InChI is InChI=1S/C18H22N4O5S/c1-11(2)16(17(23)27-15-7-5-14(6-8-15)22(25)26)20-18(24)21(4)9-13-10-28-12(3)19-13/h5-8,10-11,16H,9H2,1-4H3,(H,20,24)/t16-/m0/s1. The first-order chi connectivity index (χ1) is 13.2. The zero-order chi connectivity index (χ0) is 20.8. The highest BCUT2D eigenvalue weighted by Crippen LogP contribution is 2.18. The van der Waals surface area contributed by atoms with Gasteiger partial charge in [0.2, 0.25) is 0 Å². The van der Waals surface area contributed by atoms with Crippen LogP contribution in [0.1, 0.15) is 24.5 Å². The highest BCUT2D eigenvalue weighted by molar-refractivity contribution is 7.09.